The molecule has 1 aliphatic rings. The summed E-state index contributed by atoms with van der Waals surface area (Å²) in [6, 6.07) is 4.87. The van der Waals surface area contributed by atoms with Crippen LogP contribution in [-0.4, -0.2) is 5.78 Å². The van der Waals surface area contributed by atoms with Gasteiger partial charge < -0.3 is 0 Å². The summed E-state index contributed by atoms with van der Waals surface area (Å²) in [5, 5.41) is 0. The van der Waals surface area contributed by atoms with Crippen molar-refractivity contribution in [3.63, 3.8) is 0 Å². The smallest absolute Gasteiger partial charge is 0.166 e. The molecule has 0 amide bonds. The number of rotatable bonds is 3. The van der Waals surface area contributed by atoms with Gasteiger partial charge in [-0.1, -0.05) is 26.0 Å². The Hall–Kier alpha value is -1.18. The summed E-state index contributed by atoms with van der Waals surface area (Å²) in [5.41, 5.74) is 1.21. The van der Waals surface area contributed by atoms with Crippen LogP contribution in [0.3, 0.4) is 0 Å². The maximum atomic E-state index is 13.6. The number of carbonyl (C=O) groups is 1. The molecule has 1 saturated carbocycles. The molecule has 0 unspecified atom stereocenters. The van der Waals surface area contributed by atoms with E-state index in [1.165, 1.54) is 6.07 Å². The molecule has 0 N–H and O–H groups in total. The first kappa shape index (κ1) is 10.3. The number of benzene rings is 1. The number of halogens is 1. The molecule has 0 heterocycles. The lowest BCUT2D eigenvalue weighted by atomic mass is 9.98. The van der Waals surface area contributed by atoms with Gasteiger partial charge in [0.05, 0.1) is 0 Å². The Morgan fingerprint density at radius 1 is 1.40 bits per heavy atom. The van der Waals surface area contributed by atoms with Crippen LogP contribution in [0, 0.1) is 11.7 Å². The van der Waals surface area contributed by atoms with E-state index in [1.54, 1.807) is 12.1 Å². The van der Waals surface area contributed by atoms with Crippen molar-refractivity contribution in [2.75, 3.05) is 0 Å². The lowest BCUT2D eigenvalue weighted by molar-refractivity contribution is 0.0967. The summed E-state index contributed by atoms with van der Waals surface area (Å²) in [6.07, 6.45) is 1.93. The maximum Gasteiger partial charge on any atom is 0.166 e. The summed E-state index contributed by atoms with van der Waals surface area (Å²) in [6.45, 7) is 3.89. The highest BCUT2D eigenvalue weighted by molar-refractivity contribution is 5.99. The van der Waals surface area contributed by atoms with Crippen LogP contribution in [0.1, 0.15) is 48.5 Å². The molecule has 0 saturated heterocycles. The molecule has 2 heteroatoms. The van der Waals surface area contributed by atoms with E-state index in [1.807, 2.05) is 13.8 Å². The summed E-state index contributed by atoms with van der Waals surface area (Å²) in [5.74, 6) is 0.171. The topological polar surface area (TPSA) is 17.1 Å². The Kier molecular flexibility index (Phi) is 2.59. The van der Waals surface area contributed by atoms with Crippen LogP contribution in [-0.2, 0) is 0 Å². The molecular formula is C13H15FO. The minimum atomic E-state index is -0.253. The van der Waals surface area contributed by atoms with Gasteiger partial charge in [0.1, 0.15) is 5.82 Å². The van der Waals surface area contributed by atoms with Gasteiger partial charge >= 0.3 is 0 Å². The number of hydrogen-bond donors (Lipinski definition) is 0. The van der Waals surface area contributed by atoms with Crippen molar-refractivity contribution in [3.8, 4) is 0 Å². The van der Waals surface area contributed by atoms with Crippen LogP contribution in [0.2, 0.25) is 0 Å². The zero-order chi connectivity index (χ0) is 11.0. The summed E-state index contributed by atoms with van der Waals surface area (Å²) in [7, 11) is 0. The number of hydrogen-bond acceptors (Lipinski definition) is 1. The molecule has 0 radical (unpaired) electrons. The zero-order valence-electron chi connectivity index (χ0n) is 9.09. The third-order valence-corrected chi connectivity index (χ3v) is 2.86. The van der Waals surface area contributed by atoms with E-state index < -0.39 is 0 Å². The average molecular weight is 206 g/mol. The van der Waals surface area contributed by atoms with E-state index in [0.29, 0.717) is 11.1 Å². The summed E-state index contributed by atoms with van der Waals surface area (Å²) >= 11 is 0. The summed E-state index contributed by atoms with van der Waals surface area (Å²) in [4.78, 5) is 11.7. The van der Waals surface area contributed by atoms with Crippen LogP contribution in [0.5, 0.6) is 0 Å². The standard InChI is InChI=1S/C13H15FO/c1-8(2)11-6-5-10(7-12(11)14)13(15)9-3-4-9/h5-9H,3-4H2,1-2H3. The molecule has 80 valence electrons. The molecule has 1 aliphatic carbocycles. The first-order valence-corrected chi connectivity index (χ1v) is 5.43. The lowest BCUT2D eigenvalue weighted by Gasteiger charge is -2.08. The highest BCUT2D eigenvalue weighted by Crippen LogP contribution is 2.33. The van der Waals surface area contributed by atoms with E-state index in [2.05, 4.69) is 0 Å². The quantitative estimate of drug-likeness (QED) is 0.691. The largest absolute Gasteiger partial charge is 0.294 e. The second-order valence-electron chi connectivity index (χ2n) is 4.53. The molecule has 0 atom stereocenters. The monoisotopic (exact) mass is 206 g/mol. The first-order valence-electron chi connectivity index (χ1n) is 5.43. The predicted octanol–water partition coefficient (Wildman–Crippen LogP) is 3.54. The molecule has 15 heavy (non-hydrogen) atoms. The van der Waals surface area contributed by atoms with E-state index in [-0.39, 0.29) is 23.4 Å². The van der Waals surface area contributed by atoms with Gasteiger partial charge in [0, 0.05) is 11.5 Å². The normalized spacial score (nSPS) is 15.7. The summed E-state index contributed by atoms with van der Waals surface area (Å²) < 4.78 is 13.6. The van der Waals surface area contributed by atoms with Crippen molar-refractivity contribution >= 4 is 5.78 Å². The highest BCUT2D eigenvalue weighted by atomic mass is 19.1. The molecule has 1 nitrogen and oxygen atoms in total. The Morgan fingerprint density at radius 2 is 2.07 bits per heavy atom. The van der Waals surface area contributed by atoms with Crippen LogP contribution in [0.15, 0.2) is 18.2 Å². The fraction of sp³-hybridized carbons (Fsp3) is 0.462. The molecule has 0 bridgehead atoms. The minimum Gasteiger partial charge on any atom is -0.294 e. The van der Waals surface area contributed by atoms with Gasteiger partial charge in [-0.25, -0.2) is 4.39 Å². The van der Waals surface area contributed by atoms with Gasteiger partial charge in [0.2, 0.25) is 0 Å². The highest BCUT2D eigenvalue weighted by Gasteiger charge is 2.30. The van der Waals surface area contributed by atoms with Crippen LogP contribution in [0.4, 0.5) is 4.39 Å². The van der Waals surface area contributed by atoms with E-state index >= 15 is 0 Å². The average Bonchev–Trinajstić information content (AvgIpc) is 2.99. The molecule has 1 fully saturated rings. The maximum absolute atomic E-state index is 13.6. The van der Waals surface area contributed by atoms with Crippen LogP contribution >= 0.6 is 0 Å². The Labute approximate surface area is 89.3 Å². The van der Waals surface area contributed by atoms with Crippen molar-refractivity contribution in [1.82, 2.24) is 0 Å². The Balaban J connectivity index is 2.28. The second-order valence-corrected chi connectivity index (χ2v) is 4.53. The van der Waals surface area contributed by atoms with Crippen molar-refractivity contribution in [2.45, 2.75) is 32.6 Å². The Bertz CT molecular complexity index is 392. The molecule has 0 aromatic heterocycles. The number of ketones is 1. The van der Waals surface area contributed by atoms with Gasteiger partial charge in [-0.15, -0.1) is 0 Å². The SMILES string of the molecule is CC(C)c1ccc(C(=O)C2CC2)cc1F. The molecule has 0 spiro atoms. The minimum absolute atomic E-state index is 0.101. The van der Waals surface area contributed by atoms with Crippen molar-refractivity contribution in [1.29, 1.82) is 0 Å². The molecule has 0 aliphatic heterocycles. The number of carbonyl (C=O) groups excluding carboxylic acids is 1. The van der Waals surface area contributed by atoms with E-state index in [0.717, 1.165) is 12.8 Å². The van der Waals surface area contributed by atoms with Crippen molar-refractivity contribution in [2.24, 2.45) is 5.92 Å². The van der Waals surface area contributed by atoms with Crippen LogP contribution < -0.4 is 0 Å². The lowest BCUT2D eigenvalue weighted by Crippen LogP contribution is -2.03. The predicted molar refractivity (Wildman–Crippen MR) is 57.5 cm³/mol. The van der Waals surface area contributed by atoms with Crippen molar-refractivity contribution in [3.05, 3.63) is 35.1 Å². The molecular weight excluding hydrogens is 191 g/mol. The molecule has 1 aromatic carbocycles. The first-order chi connectivity index (χ1) is 7.09. The Morgan fingerprint density at radius 3 is 2.53 bits per heavy atom. The molecule has 1 aromatic rings. The third kappa shape index (κ3) is 2.09. The van der Waals surface area contributed by atoms with Gasteiger partial charge in [-0.3, -0.25) is 4.79 Å². The second kappa shape index (κ2) is 3.76. The van der Waals surface area contributed by atoms with Gasteiger partial charge in [0.25, 0.3) is 0 Å². The molecule has 2 rings (SSSR count). The van der Waals surface area contributed by atoms with E-state index in [9.17, 15) is 9.18 Å². The fourth-order valence-corrected chi connectivity index (χ4v) is 1.73. The number of Topliss-reactive ketones (excluding diaryl/α,β-unsaturated/α-hetero) is 1. The third-order valence-electron chi connectivity index (χ3n) is 2.86. The van der Waals surface area contributed by atoms with Crippen molar-refractivity contribution < 1.29 is 9.18 Å². The van der Waals surface area contributed by atoms with Gasteiger partial charge in [-0.2, -0.15) is 0 Å². The fourth-order valence-electron chi connectivity index (χ4n) is 1.73. The van der Waals surface area contributed by atoms with Gasteiger partial charge in [0.15, 0.2) is 5.78 Å². The van der Waals surface area contributed by atoms with Crippen LogP contribution in [0.25, 0.3) is 0 Å². The van der Waals surface area contributed by atoms with E-state index in [4.69, 9.17) is 0 Å². The van der Waals surface area contributed by atoms with Gasteiger partial charge in [-0.05, 0) is 30.4 Å². The zero-order valence-corrected chi connectivity index (χ0v) is 9.09.